The topological polar surface area (TPSA) is 428 Å². The molecule has 0 bridgehead atoms. The second-order valence-corrected chi connectivity index (χ2v) is 7.57. The van der Waals surface area contributed by atoms with Crippen molar-refractivity contribution in [2.75, 3.05) is 17.2 Å². The number of nitrogens with two attached hydrogens (primary N) is 3. The van der Waals surface area contributed by atoms with Gasteiger partial charge in [-0.2, -0.15) is 15.0 Å². The molecule has 0 saturated carbocycles. The van der Waals surface area contributed by atoms with Crippen molar-refractivity contribution < 1.29 is 77.0 Å². The van der Waals surface area contributed by atoms with Crippen LogP contribution in [0.4, 0.5) is 17.8 Å². The Morgan fingerprint density at radius 1 is 0.414 bits per heavy atom. The second-order valence-electron chi connectivity index (χ2n) is 3.46. The maximum Gasteiger partial charge on any atom is 0.466 e. The van der Waals surface area contributed by atoms with E-state index in [4.69, 9.17) is 94.2 Å². The number of rotatable bonds is 0. The molecule has 0 radical (unpaired) electrons. The summed E-state index contributed by atoms with van der Waals surface area (Å²) in [6.45, 7) is 0. The van der Waals surface area contributed by atoms with Crippen LogP contribution in [0.1, 0.15) is 0 Å². The molecule has 22 nitrogen and oxygen atoms in total. The lowest BCUT2D eigenvalue weighted by atomic mass is 10.9. The van der Waals surface area contributed by atoms with Gasteiger partial charge in [-0.15, -0.1) is 0 Å². The van der Waals surface area contributed by atoms with Gasteiger partial charge in [-0.25, -0.2) is 18.3 Å². The molecule has 1 aromatic rings. The minimum atomic E-state index is -4.64. The van der Waals surface area contributed by atoms with Crippen molar-refractivity contribution in [1.29, 1.82) is 0 Å². The average Bonchev–Trinajstić information content (AvgIpc) is 2.14. The van der Waals surface area contributed by atoms with E-state index >= 15 is 0 Å². The molecule has 0 atom stereocenters. The third-order valence-corrected chi connectivity index (χ3v) is 0.687. The molecule has 0 fully saturated rings. The molecule has 0 aliphatic heterocycles. The van der Waals surface area contributed by atoms with Gasteiger partial charge in [-0.05, 0) is 0 Å². The van der Waals surface area contributed by atoms with Crippen LogP contribution in [0.5, 0.6) is 0 Å². The lowest BCUT2D eigenvalue weighted by Gasteiger charge is -1.93. The summed E-state index contributed by atoms with van der Waals surface area (Å²) in [5.74, 6) is 0.125. The summed E-state index contributed by atoms with van der Waals surface area (Å²) in [4.78, 5) is 96.7. The Bertz CT molecular complexity index is 598. The van der Waals surface area contributed by atoms with Crippen LogP contribution in [0.3, 0.4) is 0 Å². The number of phosphoric acid groups is 4. The van der Waals surface area contributed by atoms with Crippen LogP contribution in [0.2, 0.25) is 0 Å². The minimum absolute atomic E-state index is 0.0417. The highest BCUT2D eigenvalue weighted by molar-refractivity contribution is 7.45. The fourth-order valence-corrected chi connectivity index (χ4v) is 0.427. The van der Waals surface area contributed by atoms with Gasteiger partial charge in [0, 0.05) is 0 Å². The number of hydrogen-bond donors (Lipinski definition) is 15. The standard InChI is InChI=1S/C3H6N6.4H3O4P/c4-1-7-2(5)9-3(6)8-1;4*1-5(2,3)4/h(H6,4,5,6,7,8,9);4*(H3,1,2,3,4). The van der Waals surface area contributed by atoms with Crippen LogP contribution in [-0.4, -0.2) is 73.7 Å². The van der Waals surface area contributed by atoms with Crippen molar-refractivity contribution in [3.05, 3.63) is 0 Å². The third-order valence-electron chi connectivity index (χ3n) is 0.687. The fourth-order valence-electron chi connectivity index (χ4n) is 0.427. The molecule has 18 N–H and O–H groups in total. The summed E-state index contributed by atoms with van der Waals surface area (Å²) >= 11 is 0. The first-order chi connectivity index (χ1) is 12.2. The van der Waals surface area contributed by atoms with Crippen LogP contribution in [0, 0.1) is 0 Å². The largest absolute Gasteiger partial charge is 0.466 e. The quantitative estimate of drug-likeness (QED) is 0.143. The van der Waals surface area contributed by atoms with E-state index in [0.29, 0.717) is 0 Å². The lowest BCUT2D eigenvalue weighted by molar-refractivity contribution is 0.272. The summed E-state index contributed by atoms with van der Waals surface area (Å²) in [6, 6.07) is 0. The maximum atomic E-state index is 8.88. The van der Waals surface area contributed by atoms with Crippen LogP contribution < -0.4 is 17.2 Å². The van der Waals surface area contributed by atoms with Crippen LogP contribution in [0.15, 0.2) is 0 Å². The Morgan fingerprint density at radius 3 is 0.552 bits per heavy atom. The van der Waals surface area contributed by atoms with Gasteiger partial charge in [0.2, 0.25) is 17.8 Å². The number of aromatic nitrogens is 3. The van der Waals surface area contributed by atoms with Gasteiger partial charge in [0.25, 0.3) is 0 Å². The van der Waals surface area contributed by atoms with Gasteiger partial charge in [-0.1, -0.05) is 0 Å². The molecule has 1 aromatic heterocycles. The predicted octanol–water partition coefficient (Wildman–Crippen LogP) is -5.10. The molecule has 0 amide bonds. The van der Waals surface area contributed by atoms with E-state index in [1.54, 1.807) is 0 Å². The molecule has 0 aliphatic carbocycles. The first-order valence-corrected chi connectivity index (χ1v) is 11.6. The van der Waals surface area contributed by atoms with Crippen LogP contribution >= 0.6 is 31.3 Å². The van der Waals surface area contributed by atoms with E-state index < -0.39 is 31.3 Å². The molecule has 29 heavy (non-hydrogen) atoms. The molecule has 176 valence electrons. The van der Waals surface area contributed by atoms with E-state index in [1.165, 1.54) is 0 Å². The maximum absolute atomic E-state index is 8.88. The minimum Gasteiger partial charge on any atom is -0.368 e. The molecule has 0 unspecified atom stereocenters. The number of nitrogens with zero attached hydrogens (tertiary/aromatic N) is 3. The summed E-state index contributed by atoms with van der Waals surface area (Å²) in [5.41, 5.74) is 15.4. The second kappa shape index (κ2) is 14.8. The molecular formula is C3H18N6O16P4. The normalized spacial score (nSPS) is 11.0. The van der Waals surface area contributed by atoms with E-state index in [1.807, 2.05) is 0 Å². The smallest absolute Gasteiger partial charge is 0.368 e. The Labute approximate surface area is 159 Å². The Balaban J connectivity index is -0.000000140. The van der Waals surface area contributed by atoms with Crippen molar-refractivity contribution in [2.24, 2.45) is 0 Å². The van der Waals surface area contributed by atoms with Gasteiger partial charge in [0.1, 0.15) is 0 Å². The molecular weight excluding hydrogens is 500 g/mol. The highest BCUT2D eigenvalue weighted by atomic mass is 31.2. The Kier molecular flexibility index (Phi) is 18.0. The van der Waals surface area contributed by atoms with Gasteiger partial charge in [0.05, 0.1) is 0 Å². The van der Waals surface area contributed by atoms with Gasteiger partial charge in [0.15, 0.2) is 0 Å². The van der Waals surface area contributed by atoms with E-state index in [-0.39, 0.29) is 17.8 Å². The highest BCUT2D eigenvalue weighted by Gasteiger charge is 2.01. The Hall–Kier alpha value is -1.15. The fraction of sp³-hybridized carbons (Fsp3) is 0. The highest BCUT2D eigenvalue weighted by Crippen LogP contribution is 2.27. The predicted molar refractivity (Wildman–Crippen MR) is 90.1 cm³/mol. The molecule has 26 heteroatoms. The van der Waals surface area contributed by atoms with E-state index in [2.05, 4.69) is 15.0 Å². The van der Waals surface area contributed by atoms with Crippen molar-refractivity contribution in [3.8, 4) is 0 Å². The molecule has 1 rings (SSSR count). The molecule has 0 saturated heterocycles. The molecule has 0 spiro atoms. The zero-order chi connectivity index (χ0) is 24.9. The zero-order valence-electron chi connectivity index (χ0n) is 13.4. The monoisotopic (exact) mass is 518 g/mol. The van der Waals surface area contributed by atoms with Gasteiger partial charge >= 0.3 is 31.3 Å². The molecule has 0 aromatic carbocycles. The van der Waals surface area contributed by atoms with Crippen LogP contribution in [0.25, 0.3) is 0 Å². The Morgan fingerprint density at radius 2 is 0.483 bits per heavy atom. The van der Waals surface area contributed by atoms with E-state index in [0.717, 1.165) is 0 Å². The zero-order valence-corrected chi connectivity index (χ0v) is 16.9. The van der Waals surface area contributed by atoms with E-state index in [9.17, 15) is 0 Å². The SMILES string of the molecule is Nc1nc(N)nc(N)n1.O=P(O)(O)O.O=P(O)(O)O.O=P(O)(O)O.O=P(O)(O)O. The van der Waals surface area contributed by atoms with Gasteiger partial charge < -0.3 is 75.9 Å². The summed E-state index contributed by atoms with van der Waals surface area (Å²) < 4.78 is 35.5. The number of nitrogen functional groups attached to an aromatic ring is 3. The summed E-state index contributed by atoms with van der Waals surface area (Å²) in [5, 5.41) is 0. The first-order valence-electron chi connectivity index (χ1n) is 5.34. The molecule has 1 heterocycles. The number of hydrogen-bond acceptors (Lipinski definition) is 10. The van der Waals surface area contributed by atoms with Crippen molar-refractivity contribution in [3.63, 3.8) is 0 Å². The summed E-state index contributed by atoms with van der Waals surface area (Å²) in [6.07, 6.45) is 0. The van der Waals surface area contributed by atoms with Crippen LogP contribution in [-0.2, 0) is 18.3 Å². The summed E-state index contributed by atoms with van der Waals surface area (Å²) in [7, 11) is -18.6. The number of anilines is 3. The lowest BCUT2D eigenvalue weighted by Crippen LogP contribution is -2.05. The first kappa shape index (κ1) is 35.3. The van der Waals surface area contributed by atoms with Crippen molar-refractivity contribution in [2.45, 2.75) is 0 Å². The van der Waals surface area contributed by atoms with Crippen molar-refractivity contribution in [1.82, 2.24) is 15.0 Å². The van der Waals surface area contributed by atoms with Gasteiger partial charge in [-0.3, -0.25) is 0 Å². The molecule has 0 aliphatic rings. The third kappa shape index (κ3) is 141. The average molecular weight is 518 g/mol. The van der Waals surface area contributed by atoms with Crippen molar-refractivity contribution >= 4 is 49.1 Å².